The Morgan fingerprint density at radius 3 is 2.67 bits per heavy atom. The summed E-state index contributed by atoms with van der Waals surface area (Å²) in [6, 6.07) is 2.60. The second-order valence-corrected chi connectivity index (χ2v) is 7.07. The van der Waals surface area contributed by atoms with Crippen LogP contribution in [0.5, 0.6) is 0 Å². The number of aliphatic hydroxyl groups is 1. The lowest BCUT2D eigenvalue weighted by atomic mass is 9.57. The lowest BCUT2D eigenvalue weighted by Gasteiger charge is -2.49. The topological polar surface area (TPSA) is 44.0 Å². The molecule has 0 aromatic rings. The van der Waals surface area contributed by atoms with Crippen molar-refractivity contribution < 1.29 is 5.11 Å². The summed E-state index contributed by atoms with van der Waals surface area (Å²) in [7, 11) is 0. The molecular formula is C16H25NO. The van der Waals surface area contributed by atoms with Gasteiger partial charge in [-0.2, -0.15) is 5.26 Å². The SMILES string of the molecule is CCC1CCCC(C#N)(C2(O)CC3CCC2C3)C1. The molecule has 3 saturated carbocycles. The molecule has 2 heteroatoms. The van der Waals surface area contributed by atoms with Gasteiger partial charge < -0.3 is 5.11 Å². The highest BCUT2D eigenvalue weighted by Crippen LogP contribution is 2.61. The van der Waals surface area contributed by atoms with Crippen molar-refractivity contribution in [2.45, 2.75) is 70.3 Å². The maximum Gasteiger partial charge on any atom is 0.0865 e. The van der Waals surface area contributed by atoms with Crippen molar-refractivity contribution in [2.24, 2.45) is 23.2 Å². The molecule has 0 saturated heterocycles. The molecule has 2 bridgehead atoms. The monoisotopic (exact) mass is 247 g/mol. The van der Waals surface area contributed by atoms with Crippen LogP contribution in [0.1, 0.15) is 64.7 Å². The molecule has 2 nitrogen and oxygen atoms in total. The van der Waals surface area contributed by atoms with Crippen molar-refractivity contribution in [3.05, 3.63) is 0 Å². The van der Waals surface area contributed by atoms with Crippen LogP contribution in [0.25, 0.3) is 0 Å². The fourth-order valence-corrected chi connectivity index (χ4v) is 5.22. The van der Waals surface area contributed by atoms with Gasteiger partial charge in [0.05, 0.1) is 17.1 Å². The van der Waals surface area contributed by atoms with E-state index in [4.69, 9.17) is 0 Å². The van der Waals surface area contributed by atoms with Crippen LogP contribution in [0.4, 0.5) is 0 Å². The summed E-state index contributed by atoms with van der Waals surface area (Å²) >= 11 is 0. The standard InChI is InChI=1S/C16H25NO/c1-2-12-4-3-7-15(9-12,11-17)16(18)10-13-5-6-14(16)8-13/h12-14,18H,2-10H2,1H3. The van der Waals surface area contributed by atoms with Crippen molar-refractivity contribution in [1.29, 1.82) is 5.26 Å². The van der Waals surface area contributed by atoms with Crippen molar-refractivity contribution in [2.75, 3.05) is 0 Å². The van der Waals surface area contributed by atoms with Gasteiger partial charge in [0, 0.05) is 0 Å². The van der Waals surface area contributed by atoms with Crippen LogP contribution in [-0.2, 0) is 0 Å². The highest BCUT2D eigenvalue weighted by Gasteiger charge is 2.62. The Morgan fingerprint density at radius 1 is 1.28 bits per heavy atom. The fraction of sp³-hybridized carbons (Fsp3) is 0.938. The van der Waals surface area contributed by atoms with E-state index in [1.54, 1.807) is 0 Å². The van der Waals surface area contributed by atoms with Crippen LogP contribution < -0.4 is 0 Å². The Bertz CT molecular complexity index is 374. The predicted octanol–water partition coefficient (Wildman–Crippen LogP) is 3.65. The summed E-state index contributed by atoms with van der Waals surface area (Å²) in [4.78, 5) is 0. The Morgan fingerprint density at radius 2 is 2.11 bits per heavy atom. The van der Waals surface area contributed by atoms with E-state index in [1.807, 2.05) is 0 Å². The van der Waals surface area contributed by atoms with Crippen LogP contribution >= 0.6 is 0 Å². The van der Waals surface area contributed by atoms with Gasteiger partial charge in [-0.15, -0.1) is 0 Å². The molecule has 0 aliphatic heterocycles. The van der Waals surface area contributed by atoms with Gasteiger partial charge in [0.1, 0.15) is 0 Å². The summed E-state index contributed by atoms with van der Waals surface area (Å²) in [5.74, 6) is 1.77. The van der Waals surface area contributed by atoms with Crippen molar-refractivity contribution in [3.63, 3.8) is 0 Å². The third-order valence-corrected chi connectivity index (χ3v) is 6.29. The van der Waals surface area contributed by atoms with Gasteiger partial charge in [0.15, 0.2) is 0 Å². The number of nitriles is 1. The first-order chi connectivity index (χ1) is 8.63. The highest BCUT2D eigenvalue weighted by atomic mass is 16.3. The van der Waals surface area contributed by atoms with Gasteiger partial charge in [0.2, 0.25) is 0 Å². The average Bonchev–Trinajstić information content (AvgIpc) is 2.99. The Balaban J connectivity index is 1.89. The fourth-order valence-electron chi connectivity index (χ4n) is 5.22. The van der Waals surface area contributed by atoms with Crippen molar-refractivity contribution in [3.8, 4) is 6.07 Å². The van der Waals surface area contributed by atoms with E-state index in [1.165, 1.54) is 19.3 Å². The molecule has 1 N–H and O–H groups in total. The van der Waals surface area contributed by atoms with Crippen LogP contribution in [0.2, 0.25) is 0 Å². The molecule has 5 atom stereocenters. The molecule has 3 fully saturated rings. The largest absolute Gasteiger partial charge is 0.388 e. The third-order valence-electron chi connectivity index (χ3n) is 6.29. The average molecular weight is 247 g/mol. The third kappa shape index (κ3) is 1.56. The predicted molar refractivity (Wildman–Crippen MR) is 70.7 cm³/mol. The maximum absolute atomic E-state index is 11.2. The van der Waals surface area contributed by atoms with E-state index in [2.05, 4.69) is 13.0 Å². The summed E-state index contributed by atoms with van der Waals surface area (Å²) in [6.45, 7) is 2.23. The molecule has 0 spiro atoms. The number of nitrogens with zero attached hydrogens (tertiary/aromatic N) is 1. The van der Waals surface area contributed by atoms with E-state index in [0.29, 0.717) is 17.8 Å². The number of hydrogen-bond acceptors (Lipinski definition) is 2. The molecule has 3 aliphatic rings. The van der Waals surface area contributed by atoms with Gasteiger partial charge in [-0.25, -0.2) is 0 Å². The first-order valence-corrected chi connectivity index (χ1v) is 7.77. The smallest absolute Gasteiger partial charge is 0.0865 e. The molecule has 0 radical (unpaired) electrons. The first-order valence-electron chi connectivity index (χ1n) is 7.77. The van der Waals surface area contributed by atoms with E-state index in [-0.39, 0.29) is 0 Å². The van der Waals surface area contributed by atoms with Gasteiger partial charge in [-0.1, -0.05) is 26.2 Å². The van der Waals surface area contributed by atoms with Gasteiger partial charge >= 0.3 is 0 Å². The van der Waals surface area contributed by atoms with Crippen LogP contribution in [0, 0.1) is 34.5 Å². The first kappa shape index (κ1) is 12.5. The number of hydrogen-bond donors (Lipinski definition) is 1. The molecule has 0 aromatic heterocycles. The summed E-state index contributed by atoms with van der Waals surface area (Å²) < 4.78 is 0. The molecule has 0 amide bonds. The van der Waals surface area contributed by atoms with Gasteiger partial charge in [0.25, 0.3) is 0 Å². The second kappa shape index (κ2) is 4.23. The van der Waals surface area contributed by atoms with Gasteiger partial charge in [-0.05, 0) is 56.3 Å². The molecule has 3 rings (SSSR count). The van der Waals surface area contributed by atoms with E-state index in [0.717, 1.165) is 38.5 Å². The normalized spacial score (nSPS) is 51.3. The lowest BCUT2D eigenvalue weighted by molar-refractivity contribution is -0.118. The second-order valence-electron chi connectivity index (χ2n) is 7.07. The Labute approximate surface area is 110 Å². The quantitative estimate of drug-likeness (QED) is 0.809. The zero-order valence-corrected chi connectivity index (χ0v) is 11.5. The molecule has 0 aromatic carbocycles. The van der Waals surface area contributed by atoms with E-state index < -0.39 is 11.0 Å². The zero-order valence-electron chi connectivity index (χ0n) is 11.5. The van der Waals surface area contributed by atoms with Crippen LogP contribution in [-0.4, -0.2) is 10.7 Å². The van der Waals surface area contributed by atoms with E-state index in [9.17, 15) is 10.4 Å². The molecule has 5 unspecified atom stereocenters. The molecular weight excluding hydrogens is 222 g/mol. The van der Waals surface area contributed by atoms with Crippen molar-refractivity contribution >= 4 is 0 Å². The highest BCUT2D eigenvalue weighted by molar-refractivity contribution is 5.19. The lowest BCUT2D eigenvalue weighted by Crippen LogP contribution is -2.53. The zero-order chi connectivity index (χ0) is 12.8. The minimum atomic E-state index is -0.654. The molecule has 18 heavy (non-hydrogen) atoms. The van der Waals surface area contributed by atoms with Crippen LogP contribution in [0.15, 0.2) is 0 Å². The summed E-state index contributed by atoms with van der Waals surface area (Å²) in [5.41, 5.74) is -1.08. The Kier molecular flexibility index (Phi) is 2.94. The van der Waals surface area contributed by atoms with E-state index >= 15 is 0 Å². The number of fused-ring (bicyclic) bond motifs is 2. The molecule has 100 valence electrons. The van der Waals surface area contributed by atoms with Crippen molar-refractivity contribution in [1.82, 2.24) is 0 Å². The Hall–Kier alpha value is -0.550. The molecule has 0 heterocycles. The molecule has 3 aliphatic carbocycles. The minimum absolute atomic E-state index is 0.415. The number of rotatable bonds is 2. The van der Waals surface area contributed by atoms with Gasteiger partial charge in [-0.3, -0.25) is 0 Å². The maximum atomic E-state index is 11.2. The summed E-state index contributed by atoms with van der Waals surface area (Å²) in [6.07, 6.45) is 9.94. The summed E-state index contributed by atoms with van der Waals surface area (Å²) in [5, 5.41) is 21.0. The minimum Gasteiger partial charge on any atom is -0.388 e. The van der Waals surface area contributed by atoms with Crippen LogP contribution in [0.3, 0.4) is 0 Å².